The lowest BCUT2D eigenvalue weighted by molar-refractivity contribution is -0.185. The molecular weight excluding hydrogens is 1100 g/mol. The number of fused-ring (bicyclic) bond motifs is 8. The summed E-state index contributed by atoms with van der Waals surface area (Å²) in [6, 6.07) is 3.49. The second kappa shape index (κ2) is 21.1. The van der Waals surface area contributed by atoms with Crippen molar-refractivity contribution in [3.63, 3.8) is 0 Å². The molecule has 4 aliphatic heterocycles. The van der Waals surface area contributed by atoms with Gasteiger partial charge in [-0.05, 0) is 249 Å². The number of ether oxygens (including phenoxy) is 4. The molecule has 2 N–H and O–H groups in total. The molecule has 10 aliphatic carbocycles. The highest BCUT2D eigenvalue weighted by molar-refractivity contribution is 6.73. The van der Waals surface area contributed by atoms with Crippen molar-refractivity contribution in [2.45, 2.75) is 306 Å². The number of amides is 2. The minimum absolute atomic E-state index is 0.0269. The summed E-state index contributed by atoms with van der Waals surface area (Å²) in [5.41, 5.74) is 3.03. The monoisotopic (exact) mass is 1220 g/mol. The first-order chi connectivity index (χ1) is 40.9. The maximum Gasteiger partial charge on any atom is 0.410 e. The van der Waals surface area contributed by atoms with E-state index in [1.54, 1.807) is 4.90 Å². The Bertz CT molecular complexity index is 2660. The van der Waals surface area contributed by atoms with Crippen LogP contribution >= 0.6 is 0 Å². The molecule has 0 radical (unpaired) electrons. The number of rotatable bonds is 11. The Morgan fingerprint density at radius 1 is 0.598 bits per heavy atom. The van der Waals surface area contributed by atoms with Crippen LogP contribution in [0.1, 0.15) is 233 Å². The smallest absolute Gasteiger partial charge is 0.410 e. The molecule has 0 aromatic carbocycles. The molecule has 0 aromatic rings. The van der Waals surface area contributed by atoms with E-state index in [1.807, 2.05) is 11.8 Å². The molecule has 0 unspecified atom stereocenters. The van der Waals surface area contributed by atoms with Crippen LogP contribution in [0.15, 0.2) is 12.2 Å². The molecule has 12 heteroatoms. The normalized spacial score (nSPS) is 51.4. The zero-order valence-corrected chi connectivity index (χ0v) is 59.0. The molecule has 4 heterocycles. The third-order valence-electron chi connectivity index (χ3n) is 33.0. The molecule has 14 aliphatic rings. The SMILES string of the molecule is C=C(C)[C@@H](OC(=O)N1CCC1)[C@H]1C[C@@H](C)[C@H]2[C@H](O1)[C@H](O[Si](CC)(CC)CC)[C@@]1(C)[C@@H]3CC[C@H]4C(C)(C)[C@@H](C)CC[C@@]45C[C@@]35CC[C@]21C.CC(C)[C@@H](OC(=O)N1CCC1)[C@H]1C[C@@H](C)[C@H]2[C@H](O1)[C@H](O)[C@@]1(C)[C@@H]3CC[C@H]4C(C)(C)[C@@H](O)CC[C@@]45C[C@@]35CC[C@]21C. The van der Waals surface area contributed by atoms with Gasteiger partial charge in [-0.1, -0.05) is 117 Å². The van der Waals surface area contributed by atoms with Crippen LogP contribution < -0.4 is 0 Å². The van der Waals surface area contributed by atoms with Gasteiger partial charge in [0, 0.05) is 37.0 Å². The Kier molecular flexibility index (Phi) is 15.6. The highest BCUT2D eigenvalue weighted by Gasteiger charge is 2.87. The molecule has 492 valence electrons. The second-order valence-corrected chi connectivity index (χ2v) is 41.0. The van der Waals surface area contributed by atoms with Gasteiger partial charge in [-0.3, -0.25) is 0 Å². The van der Waals surface area contributed by atoms with Gasteiger partial charge < -0.3 is 43.4 Å². The quantitative estimate of drug-likeness (QED) is 0.154. The van der Waals surface area contributed by atoms with Crippen molar-refractivity contribution in [1.29, 1.82) is 0 Å². The van der Waals surface area contributed by atoms with Crippen LogP contribution in [-0.2, 0) is 23.4 Å². The highest BCUT2D eigenvalue weighted by Crippen LogP contribution is 2.91. The highest BCUT2D eigenvalue weighted by atomic mass is 28.4. The predicted molar refractivity (Wildman–Crippen MR) is 346 cm³/mol. The molecule has 87 heavy (non-hydrogen) atoms. The van der Waals surface area contributed by atoms with Crippen LogP contribution in [0, 0.1) is 113 Å². The number of carbonyl (C=O) groups excluding carboxylic acids is 2. The Hall–Kier alpha value is -1.70. The van der Waals surface area contributed by atoms with Crippen molar-refractivity contribution in [3.05, 3.63) is 12.2 Å². The summed E-state index contributed by atoms with van der Waals surface area (Å²) < 4.78 is 34.7. The summed E-state index contributed by atoms with van der Waals surface area (Å²) >= 11 is 0. The van der Waals surface area contributed by atoms with E-state index in [2.05, 4.69) is 117 Å². The van der Waals surface area contributed by atoms with Gasteiger partial charge in [0.2, 0.25) is 0 Å². The third kappa shape index (κ3) is 8.43. The molecule has 14 rings (SSSR count). The first kappa shape index (κ1) is 64.0. The van der Waals surface area contributed by atoms with Crippen LogP contribution in [0.25, 0.3) is 0 Å². The zero-order chi connectivity index (χ0) is 62.6. The lowest BCUT2D eigenvalue weighted by Crippen LogP contribution is -2.60. The molecular formula is C75H124N2O9Si. The van der Waals surface area contributed by atoms with Gasteiger partial charge in [-0.15, -0.1) is 0 Å². The zero-order valence-electron chi connectivity index (χ0n) is 58.0. The van der Waals surface area contributed by atoms with Gasteiger partial charge in [0.25, 0.3) is 0 Å². The molecule has 10 saturated carbocycles. The lowest BCUT2D eigenvalue weighted by Gasteiger charge is -2.64. The molecule has 4 spiro atoms. The van der Waals surface area contributed by atoms with Gasteiger partial charge >= 0.3 is 12.2 Å². The topological polar surface area (TPSA) is 127 Å². The number of hydrogen-bond acceptors (Lipinski definition) is 9. The molecule has 0 bridgehead atoms. The van der Waals surface area contributed by atoms with Crippen LogP contribution in [0.2, 0.25) is 18.1 Å². The molecule has 0 aromatic heterocycles. The standard InChI is InChI=1S/C41H69NO4Si.C34H55NO5/c1-12-47(13-2,14-3)46-35-34-32(27(6)24-29(44-34)33(26(4)5)45-36(43)42-22-15-23-42)38(10)20-21-41-25-40(41)19-18-28(7)37(8,9)30(40)16-17-31(41)39(35,38)11;1-19(2)26(40-29(38)35-15-8-16-35)21-17-20(3)25-27(39-21)28(37)32(7)23-10-9-22-30(4,5)24(36)11-12-33(22)18-34(23,33)14-13-31(25,32)6/h27-35H,4,12-25H2,1-3,5-11H3;19-28,36-37H,8-18H2,1-7H3/t27-,28+,29-,30+,31+,32+,33-,34+,35+,38-,39-,40-,41+;20-,21-,22+,23+,24+,25+,26-,27+,28+,31-,32-,33-,34+/m11/s1. The number of likely N-dealkylation sites (tertiary alicyclic amines) is 2. The molecule has 11 nitrogen and oxygen atoms in total. The lowest BCUT2D eigenvalue weighted by atomic mass is 9.41. The molecule has 26 atom stereocenters. The number of aliphatic hydroxyl groups is 2. The maximum atomic E-state index is 13.1. The summed E-state index contributed by atoms with van der Waals surface area (Å²) in [6.07, 6.45) is 19.5. The molecule has 4 saturated heterocycles. The number of hydrogen-bond donors (Lipinski definition) is 2. The van der Waals surface area contributed by atoms with E-state index < -0.39 is 20.5 Å². The Balaban J connectivity index is 0.000000163. The summed E-state index contributed by atoms with van der Waals surface area (Å²) in [5.74, 6) is 5.24. The van der Waals surface area contributed by atoms with E-state index in [1.165, 1.54) is 64.2 Å². The van der Waals surface area contributed by atoms with Gasteiger partial charge in [0.05, 0.1) is 42.7 Å². The van der Waals surface area contributed by atoms with Crippen molar-refractivity contribution < 1.29 is 43.2 Å². The summed E-state index contributed by atoms with van der Waals surface area (Å²) in [6.45, 7) is 48.5. The van der Waals surface area contributed by atoms with E-state index in [0.717, 1.165) is 113 Å². The summed E-state index contributed by atoms with van der Waals surface area (Å²) in [7, 11) is -1.97. The number of nitrogens with zero attached hydrogens (tertiary/aromatic N) is 2. The predicted octanol–water partition coefficient (Wildman–Crippen LogP) is 16.3. The first-order valence-electron chi connectivity index (χ1n) is 36.8. The molecule has 2 amide bonds. The van der Waals surface area contributed by atoms with Crippen molar-refractivity contribution in [3.8, 4) is 0 Å². The van der Waals surface area contributed by atoms with Crippen molar-refractivity contribution >= 4 is 20.5 Å². The van der Waals surface area contributed by atoms with Gasteiger partial charge in [0.15, 0.2) is 14.4 Å². The molecule has 14 fully saturated rings. The Labute approximate surface area is 528 Å². The van der Waals surface area contributed by atoms with Crippen LogP contribution in [0.4, 0.5) is 9.59 Å². The van der Waals surface area contributed by atoms with Crippen LogP contribution in [0.5, 0.6) is 0 Å². The Morgan fingerprint density at radius 3 is 1.57 bits per heavy atom. The maximum absolute atomic E-state index is 13.1. The van der Waals surface area contributed by atoms with E-state index in [4.69, 9.17) is 23.4 Å². The minimum atomic E-state index is -1.97. The first-order valence-corrected chi connectivity index (χ1v) is 39.3. The number of aliphatic hydroxyl groups excluding tert-OH is 2. The third-order valence-corrected chi connectivity index (χ3v) is 37.6. The van der Waals surface area contributed by atoms with Crippen LogP contribution in [0.3, 0.4) is 0 Å². The summed E-state index contributed by atoms with van der Waals surface area (Å²) in [5, 5.41) is 23.4. The van der Waals surface area contributed by atoms with Gasteiger partial charge in [0.1, 0.15) is 6.10 Å². The van der Waals surface area contributed by atoms with E-state index in [0.29, 0.717) is 68.5 Å². The van der Waals surface area contributed by atoms with Crippen molar-refractivity contribution in [2.24, 2.45) is 113 Å². The van der Waals surface area contributed by atoms with Crippen molar-refractivity contribution in [1.82, 2.24) is 9.80 Å². The van der Waals surface area contributed by atoms with E-state index in [9.17, 15) is 19.8 Å². The van der Waals surface area contributed by atoms with Crippen molar-refractivity contribution in [2.75, 3.05) is 26.2 Å². The fraction of sp³-hybridized carbons (Fsp3) is 0.947. The Morgan fingerprint density at radius 2 is 1.06 bits per heavy atom. The minimum Gasteiger partial charge on any atom is -0.443 e. The largest absolute Gasteiger partial charge is 0.443 e. The van der Waals surface area contributed by atoms with E-state index >= 15 is 0 Å². The average molecular weight is 1230 g/mol. The second-order valence-electron chi connectivity index (χ2n) is 36.3. The average Bonchev–Trinajstić information content (AvgIpc) is 1.47. The van der Waals surface area contributed by atoms with E-state index in [-0.39, 0.29) is 87.9 Å². The summed E-state index contributed by atoms with van der Waals surface area (Å²) in [4.78, 5) is 29.6. The number of carbonyl (C=O) groups is 2. The van der Waals surface area contributed by atoms with Gasteiger partial charge in [-0.2, -0.15) is 0 Å². The van der Waals surface area contributed by atoms with Crippen LogP contribution in [-0.4, -0.2) is 122 Å². The fourth-order valence-electron chi connectivity index (χ4n) is 27.2. The fourth-order valence-corrected chi connectivity index (χ4v) is 30.1. The van der Waals surface area contributed by atoms with Gasteiger partial charge in [-0.25, -0.2) is 9.59 Å².